The molecular formula is C16H15ClFN3O3S2. The summed E-state index contributed by atoms with van der Waals surface area (Å²) in [6, 6.07) is 2.50. The zero-order chi connectivity index (χ0) is 18.8. The van der Waals surface area contributed by atoms with Crippen molar-refractivity contribution < 1.29 is 13.9 Å². The van der Waals surface area contributed by atoms with Crippen LogP contribution in [0.2, 0.25) is 5.02 Å². The molecule has 10 heteroatoms. The van der Waals surface area contributed by atoms with E-state index in [1.54, 1.807) is 9.36 Å². The van der Waals surface area contributed by atoms with E-state index in [2.05, 4.69) is 9.73 Å². The molecule has 1 aromatic heterocycles. The number of thiocarbonyl (C=S) groups is 1. The first-order valence-electron chi connectivity index (χ1n) is 7.85. The van der Waals surface area contributed by atoms with Crippen LogP contribution < -0.4 is 9.67 Å². The van der Waals surface area contributed by atoms with Gasteiger partial charge in [0.05, 0.1) is 18.6 Å². The molecule has 0 radical (unpaired) electrons. The number of carbonyl (C=O) groups is 1. The molecule has 1 aliphatic heterocycles. The maximum Gasteiger partial charge on any atom is 0.325 e. The third-order valence-electron chi connectivity index (χ3n) is 3.98. The number of fused-ring (bicyclic) bond motifs is 1. The monoisotopic (exact) mass is 415 g/mol. The van der Waals surface area contributed by atoms with Crippen molar-refractivity contribution in [1.82, 2.24) is 9.36 Å². The first-order chi connectivity index (χ1) is 12.4. The number of carbonyl (C=O) groups excluding carboxylic acids is 1. The standard InChI is InChI=1S/C16H15ClFN3O3S2/c1-24-14(22)8-13(25)9-6-12(11(18)7-10(9)17)19-15-20-4-2-3-5-21(20)16(23)26-15/h6-7H,2-5,8H2,1H3/b19-15+. The number of nitrogens with zero attached hydrogens (tertiary/aromatic N) is 3. The van der Waals surface area contributed by atoms with Gasteiger partial charge in [-0.05, 0) is 36.3 Å². The second-order valence-corrected chi connectivity index (χ2v) is 7.49. The lowest BCUT2D eigenvalue weighted by molar-refractivity contribution is -0.139. The molecule has 0 saturated carbocycles. The molecule has 0 spiro atoms. The largest absolute Gasteiger partial charge is 0.469 e. The zero-order valence-corrected chi connectivity index (χ0v) is 16.2. The van der Waals surface area contributed by atoms with Crippen LogP contribution in [0.4, 0.5) is 10.1 Å². The summed E-state index contributed by atoms with van der Waals surface area (Å²) in [4.78, 5) is 28.3. The van der Waals surface area contributed by atoms with Crippen molar-refractivity contribution in [1.29, 1.82) is 0 Å². The lowest BCUT2D eigenvalue weighted by atomic mass is 10.1. The van der Waals surface area contributed by atoms with E-state index in [-0.39, 0.29) is 26.9 Å². The Balaban J connectivity index is 2.06. The number of rotatable bonds is 4. The van der Waals surface area contributed by atoms with Crippen molar-refractivity contribution in [2.75, 3.05) is 7.11 Å². The molecule has 2 heterocycles. The molecule has 2 aromatic rings. The molecule has 0 unspecified atom stereocenters. The SMILES string of the molecule is COC(=O)CC(=S)c1cc(/N=c2/sc(=O)n3n2CCCC3)c(F)cc1Cl. The van der Waals surface area contributed by atoms with Crippen molar-refractivity contribution in [2.24, 2.45) is 4.99 Å². The summed E-state index contributed by atoms with van der Waals surface area (Å²) in [7, 11) is 1.26. The Kier molecular flexibility index (Phi) is 5.69. The minimum absolute atomic E-state index is 0.0133. The summed E-state index contributed by atoms with van der Waals surface area (Å²) in [5.41, 5.74) is 0.358. The van der Waals surface area contributed by atoms with Crippen LogP contribution >= 0.6 is 35.2 Å². The van der Waals surface area contributed by atoms with E-state index >= 15 is 0 Å². The minimum atomic E-state index is -0.629. The summed E-state index contributed by atoms with van der Waals surface area (Å²) in [5, 5.41) is 0.0927. The fourth-order valence-corrected chi connectivity index (χ4v) is 4.15. The van der Waals surface area contributed by atoms with E-state index < -0.39 is 11.8 Å². The summed E-state index contributed by atoms with van der Waals surface area (Å²) in [5.74, 6) is -1.14. The van der Waals surface area contributed by atoms with Crippen molar-refractivity contribution in [2.45, 2.75) is 32.4 Å². The van der Waals surface area contributed by atoms with Crippen LogP contribution in [0.25, 0.3) is 0 Å². The van der Waals surface area contributed by atoms with Gasteiger partial charge < -0.3 is 4.74 Å². The van der Waals surface area contributed by atoms with E-state index in [9.17, 15) is 14.0 Å². The fourth-order valence-electron chi connectivity index (χ4n) is 2.66. The van der Waals surface area contributed by atoms with Gasteiger partial charge in [-0.3, -0.25) is 14.3 Å². The maximum atomic E-state index is 14.3. The van der Waals surface area contributed by atoms with Gasteiger partial charge in [0.2, 0.25) is 4.80 Å². The summed E-state index contributed by atoms with van der Waals surface area (Å²) < 4.78 is 22.3. The molecule has 1 aromatic carbocycles. The molecule has 0 aliphatic carbocycles. The van der Waals surface area contributed by atoms with Crippen molar-refractivity contribution >= 4 is 51.7 Å². The molecule has 0 atom stereocenters. The Hall–Kier alpha value is -1.84. The van der Waals surface area contributed by atoms with Crippen LogP contribution in [0.3, 0.4) is 0 Å². The first-order valence-corrected chi connectivity index (χ1v) is 9.45. The molecule has 6 nitrogen and oxygen atoms in total. The van der Waals surface area contributed by atoms with Crippen molar-refractivity contribution in [3.05, 3.63) is 43.0 Å². The number of ether oxygens (including phenoxy) is 1. The molecule has 0 amide bonds. The Bertz CT molecular complexity index is 1010. The second kappa shape index (κ2) is 7.81. The number of methoxy groups -OCH3 is 1. The van der Waals surface area contributed by atoms with Crippen LogP contribution in [0.15, 0.2) is 21.9 Å². The van der Waals surface area contributed by atoms with Gasteiger partial charge in [0, 0.05) is 23.5 Å². The molecule has 3 rings (SSSR count). The van der Waals surface area contributed by atoms with Crippen LogP contribution in [-0.2, 0) is 22.6 Å². The normalized spacial score (nSPS) is 14.2. The highest BCUT2D eigenvalue weighted by molar-refractivity contribution is 7.81. The highest BCUT2D eigenvalue weighted by Gasteiger charge is 2.17. The van der Waals surface area contributed by atoms with Gasteiger partial charge >= 0.3 is 10.8 Å². The number of hydrogen-bond donors (Lipinski definition) is 0. The number of esters is 1. The Morgan fingerprint density at radius 3 is 2.77 bits per heavy atom. The first kappa shape index (κ1) is 18.9. The average Bonchev–Trinajstić information content (AvgIpc) is 2.93. The van der Waals surface area contributed by atoms with E-state index in [1.807, 2.05) is 0 Å². The predicted molar refractivity (Wildman–Crippen MR) is 101 cm³/mol. The van der Waals surface area contributed by atoms with Crippen molar-refractivity contribution in [3.63, 3.8) is 0 Å². The van der Waals surface area contributed by atoms with Gasteiger partial charge in [0.25, 0.3) is 0 Å². The molecule has 138 valence electrons. The minimum Gasteiger partial charge on any atom is -0.469 e. The number of halogens is 2. The Morgan fingerprint density at radius 1 is 1.38 bits per heavy atom. The van der Waals surface area contributed by atoms with Gasteiger partial charge in [-0.2, -0.15) is 0 Å². The fraction of sp³-hybridized carbons (Fsp3) is 0.375. The van der Waals surface area contributed by atoms with E-state index in [4.69, 9.17) is 23.8 Å². The number of benzene rings is 1. The molecule has 0 N–H and O–H groups in total. The molecular weight excluding hydrogens is 401 g/mol. The lowest BCUT2D eigenvalue weighted by Gasteiger charge is -2.15. The summed E-state index contributed by atoms with van der Waals surface area (Å²) >= 11 is 12.2. The van der Waals surface area contributed by atoms with E-state index in [0.717, 1.165) is 30.2 Å². The Labute approximate surface area is 162 Å². The highest BCUT2D eigenvalue weighted by atomic mass is 35.5. The topological polar surface area (TPSA) is 65.6 Å². The molecule has 26 heavy (non-hydrogen) atoms. The third kappa shape index (κ3) is 3.79. The highest BCUT2D eigenvalue weighted by Crippen LogP contribution is 2.27. The molecule has 0 fully saturated rings. The quantitative estimate of drug-likeness (QED) is 0.437. The summed E-state index contributed by atoms with van der Waals surface area (Å²) in [6.07, 6.45) is 1.72. The van der Waals surface area contributed by atoms with Crippen LogP contribution in [0.1, 0.15) is 24.8 Å². The average molecular weight is 416 g/mol. The second-order valence-electron chi connectivity index (χ2n) is 5.68. The predicted octanol–water partition coefficient (Wildman–Crippen LogP) is 2.81. The van der Waals surface area contributed by atoms with Crippen LogP contribution in [0.5, 0.6) is 0 Å². The Morgan fingerprint density at radius 2 is 2.08 bits per heavy atom. The lowest BCUT2D eigenvalue weighted by Crippen LogP contribution is -2.31. The van der Waals surface area contributed by atoms with E-state index in [0.29, 0.717) is 23.5 Å². The van der Waals surface area contributed by atoms with Crippen LogP contribution in [0, 0.1) is 5.82 Å². The van der Waals surface area contributed by atoms with Crippen LogP contribution in [-0.4, -0.2) is 27.3 Å². The van der Waals surface area contributed by atoms with Gasteiger partial charge in [-0.25, -0.2) is 14.1 Å². The van der Waals surface area contributed by atoms with Gasteiger partial charge in [0.1, 0.15) is 11.5 Å². The number of hydrogen-bond acceptors (Lipinski definition) is 6. The third-order valence-corrected chi connectivity index (χ3v) is 5.52. The smallest absolute Gasteiger partial charge is 0.325 e. The maximum absolute atomic E-state index is 14.3. The molecule has 0 bridgehead atoms. The molecule has 0 saturated heterocycles. The van der Waals surface area contributed by atoms with Gasteiger partial charge in [-0.1, -0.05) is 23.8 Å². The van der Waals surface area contributed by atoms with Crippen molar-refractivity contribution in [3.8, 4) is 0 Å². The van der Waals surface area contributed by atoms with Gasteiger partial charge in [0.15, 0.2) is 0 Å². The molecule has 1 aliphatic rings. The number of aromatic nitrogens is 2. The van der Waals surface area contributed by atoms with E-state index in [1.165, 1.54) is 13.2 Å². The zero-order valence-electron chi connectivity index (χ0n) is 13.8. The van der Waals surface area contributed by atoms with Gasteiger partial charge in [-0.15, -0.1) is 0 Å². The summed E-state index contributed by atoms with van der Waals surface area (Å²) in [6.45, 7) is 1.28.